The predicted molar refractivity (Wildman–Crippen MR) is 226 cm³/mol. The number of quaternary nitrogens is 1. The third-order valence-electron chi connectivity index (χ3n) is 10.6. The number of nitrogens with zero attached hydrogens (tertiary/aromatic N) is 1. The van der Waals surface area contributed by atoms with E-state index in [2.05, 4.69) is 13.8 Å². The van der Waals surface area contributed by atoms with Crippen molar-refractivity contribution in [1.29, 1.82) is 0 Å². The second-order valence-electron chi connectivity index (χ2n) is 17.1. The molecule has 0 bridgehead atoms. The average Bonchev–Trinajstić information content (AvgIpc) is 3.41. The number of rotatable bonds is 36. The molecule has 334 valence electrons. The summed E-state index contributed by atoms with van der Waals surface area (Å²) in [5.74, 6) is -1.40. The van der Waals surface area contributed by atoms with Crippen LogP contribution in [0.15, 0.2) is 24.3 Å². The molecule has 0 radical (unpaired) electrons. The Balaban J connectivity index is 2.52. The van der Waals surface area contributed by atoms with Gasteiger partial charge in [0, 0.05) is 25.2 Å². The smallest absolute Gasteiger partial charge is 0.462 e. The van der Waals surface area contributed by atoms with Gasteiger partial charge in [0.25, 0.3) is 0 Å². The minimum atomic E-state index is -4.44. The zero-order chi connectivity index (χ0) is 42.4. The van der Waals surface area contributed by atoms with E-state index >= 15 is 0 Å². The Morgan fingerprint density at radius 1 is 0.754 bits per heavy atom. The summed E-state index contributed by atoms with van der Waals surface area (Å²) in [7, 11) is 1.33. The van der Waals surface area contributed by atoms with Gasteiger partial charge in [-0.2, -0.15) is 0 Å². The van der Waals surface area contributed by atoms with Gasteiger partial charge >= 0.3 is 19.8 Å². The van der Waals surface area contributed by atoms with E-state index in [0.717, 1.165) is 38.5 Å². The average molecular weight is 833 g/mol. The van der Waals surface area contributed by atoms with Gasteiger partial charge in [0.1, 0.15) is 19.8 Å². The summed E-state index contributed by atoms with van der Waals surface area (Å²) < 4.78 is 34.2. The van der Waals surface area contributed by atoms with Crippen LogP contribution in [0.2, 0.25) is 0 Å². The number of hydrogen-bond donors (Lipinski definition) is 4. The van der Waals surface area contributed by atoms with Crippen molar-refractivity contribution in [3.8, 4) is 0 Å². The van der Waals surface area contributed by atoms with Gasteiger partial charge in [0.05, 0.1) is 46.1 Å². The number of allylic oxidation sites excluding steroid dienone is 2. The molecular weight excluding hydrogens is 749 g/mol. The normalized spacial score (nSPS) is 20.9. The van der Waals surface area contributed by atoms with Gasteiger partial charge in [0.2, 0.25) is 0 Å². The molecule has 1 fully saturated rings. The Morgan fingerprint density at radius 3 is 1.95 bits per heavy atom. The van der Waals surface area contributed by atoms with E-state index < -0.39 is 50.8 Å². The monoisotopic (exact) mass is 833 g/mol. The van der Waals surface area contributed by atoms with Crippen molar-refractivity contribution in [2.75, 3.05) is 47.5 Å². The highest BCUT2D eigenvalue weighted by Crippen LogP contribution is 2.43. The minimum Gasteiger partial charge on any atom is -0.462 e. The van der Waals surface area contributed by atoms with Gasteiger partial charge in [-0.3, -0.25) is 18.6 Å². The highest BCUT2D eigenvalue weighted by atomic mass is 31.2. The van der Waals surface area contributed by atoms with Crippen molar-refractivity contribution in [2.45, 2.75) is 186 Å². The van der Waals surface area contributed by atoms with Crippen molar-refractivity contribution in [2.24, 2.45) is 11.8 Å². The van der Waals surface area contributed by atoms with E-state index in [4.69, 9.17) is 18.5 Å². The highest BCUT2D eigenvalue weighted by molar-refractivity contribution is 7.47. The molecule has 0 spiro atoms. The Kier molecular flexibility index (Phi) is 30.1. The topological polar surface area (TPSA) is 169 Å². The number of phosphoric ester groups is 1. The van der Waals surface area contributed by atoms with Crippen molar-refractivity contribution in [1.82, 2.24) is 0 Å². The molecule has 1 aliphatic rings. The number of hydrogen-bond acceptors (Lipinski definition) is 10. The van der Waals surface area contributed by atoms with Gasteiger partial charge < -0.3 is 34.2 Å². The standard InChI is InChI=1S/C44H82NO11P/c1-6-8-10-11-12-13-14-15-16-17-18-19-24-28-43(49)53-35-38(36-55-57(51,52)54-33-32-45(3,4)5)56-44(50)29-25-21-20-23-27-39-40(42(48)34-41(39)47)31-30-37(46)26-22-9-7-2/h20,23,30-31,37-42,46-48H,6-19,21-22,24-29,32-36H2,1-5H3/p+1/b23-20-,31-30+/t37-,38+,39+,40-,41+,42-/m0/s1. The van der Waals surface area contributed by atoms with E-state index in [9.17, 15) is 34.4 Å². The molecule has 1 unspecified atom stereocenters. The molecule has 1 saturated carbocycles. The third kappa shape index (κ3) is 29.3. The first-order valence-corrected chi connectivity index (χ1v) is 23.8. The molecule has 13 heteroatoms. The lowest BCUT2D eigenvalue weighted by atomic mass is 9.89. The number of aliphatic hydroxyl groups excluding tert-OH is 3. The van der Waals surface area contributed by atoms with Crippen LogP contribution in [0, 0.1) is 11.8 Å². The molecule has 0 heterocycles. The largest absolute Gasteiger partial charge is 0.472 e. The molecule has 1 rings (SSSR count). The summed E-state index contributed by atoms with van der Waals surface area (Å²) >= 11 is 0. The first-order valence-electron chi connectivity index (χ1n) is 22.3. The quantitative estimate of drug-likeness (QED) is 0.0157. The van der Waals surface area contributed by atoms with Crippen molar-refractivity contribution < 1.29 is 57.4 Å². The number of phosphoric acid groups is 1. The van der Waals surface area contributed by atoms with Crippen LogP contribution in [-0.4, -0.2) is 109 Å². The van der Waals surface area contributed by atoms with E-state index in [1.54, 1.807) is 6.08 Å². The maximum atomic E-state index is 12.8. The van der Waals surface area contributed by atoms with E-state index in [1.807, 2.05) is 39.4 Å². The number of unbranched alkanes of at least 4 members (excludes halogenated alkanes) is 15. The van der Waals surface area contributed by atoms with Crippen LogP contribution in [-0.2, 0) is 32.7 Å². The minimum absolute atomic E-state index is 0.0107. The maximum absolute atomic E-state index is 12.8. The fourth-order valence-corrected chi connectivity index (χ4v) is 7.69. The number of aliphatic hydroxyl groups is 3. The molecule has 0 amide bonds. The van der Waals surface area contributed by atoms with Crippen molar-refractivity contribution >= 4 is 19.8 Å². The lowest BCUT2D eigenvalue weighted by Gasteiger charge is -2.24. The maximum Gasteiger partial charge on any atom is 0.472 e. The second kappa shape index (κ2) is 32.2. The Bertz CT molecular complexity index is 1140. The Hall–Kier alpha value is -1.63. The predicted octanol–water partition coefficient (Wildman–Crippen LogP) is 8.73. The number of likely N-dealkylation sites (N-methyl/N-ethyl adjacent to an activating group) is 1. The number of carbonyl (C=O) groups is 2. The molecular formula is C44H83NO11P+. The van der Waals surface area contributed by atoms with Crippen LogP contribution in [0.25, 0.3) is 0 Å². The lowest BCUT2D eigenvalue weighted by Crippen LogP contribution is -2.37. The fourth-order valence-electron chi connectivity index (χ4n) is 6.95. The SMILES string of the molecule is CCCCCCCCCCCCCCCC(=O)OC[C@H](COP(=O)(O)OCC[N+](C)(C)C)OC(=O)CCC/C=C\C[C@@H]1[C@H](/C=C/[C@@H](O)CCCCC)[C@@H](O)C[C@H]1O. The number of esters is 2. The molecule has 0 aromatic heterocycles. The van der Waals surface area contributed by atoms with Gasteiger partial charge in [-0.15, -0.1) is 0 Å². The number of ether oxygens (including phenoxy) is 2. The summed E-state index contributed by atoms with van der Waals surface area (Å²) in [4.78, 5) is 35.5. The van der Waals surface area contributed by atoms with Crippen LogP contribution < -0.4 is 0 Å². The highest BCUT2D eigenvalue weighted by Gasteiger charge is 2.39. The molecule has 0 aliphatic heterocycles. The summed E-state index contributed by atoms with van der Waals surface area (Å²) in [5, 5.41) is 31.4. The molecule has 0 aromatic rings. The van der Waals surface area contributed by atoms with E-state index in [0.29, 0.717) is 49.6 Å². The third-order valence-corrected chi connectivity index (χ3v) is 11.5. The molecule has 1 aliphatic carbocycles. The second-order valence-corrected chi connectivity index (χ2v) is 18.5. The van der Waals surface area contributed by atoms with Crippen LogP contribution in [0.3, 0.4) is 0 Å². The summed E-state index contributed by atoms with van der Waals surface area (Å²) in [6.45, 7) is 4.04. The van der Waals surface area contributed by atoms with Crippen LogP contribution in [0.4, 0.5) is 0 Å². The van der Waals surface area contributed by atoms with Gasteiger partial charge in [-0.05, 0) is 38.0 Å². The summed E-state index contributed by atoms with van der Waals surface area (Å²) in [5.41, 5.74) is 0. The van der Waals surface area contributed by atoms with Gasteiger partial charge in [-0.1, -0.05) is 134 Å². The summed E-state index contributed by atoms with van der Waals surface area (Å²) in [6.07, 6.45) is 26.0. The van der Waals surface area contributed by atoms with E-state index in [1.165, 1.54) is 57.8 Å². The zero-order valence-electron chi connectivity index (χ0n) is 36.4. The van der Waals surface area contributed by atoms with Crippen LogP contribution in [0.1, 0.15) is 162 Å². The van der Waals surface area contributed by atoms with Crippen molar-refractivity contribution in [3.05, 3.63) is 24.3 Å². The molecule has 7 atom stereocenters. The molecule has 0 aromatic carbocycles. The first-order chi connectivity index (χ1) is 27.2. The summed E-state index contributed by atoms with van der Waals surface area (Å²) in [6, 6.07) is 0. The van der Waals surface area contributed by atoms with Gasteiger partial charge in [-0.25, -0.2) is 4.57 Å². The fraction of sp³-hybridized carbons (Fsp3) is 0.864. The van der Waals surface area contributed by atoms with Crippen LogP contribution in [0.5, 0.6) is 0 Å². The van der Waals surface area contributed by atoms with E-state index in [-0.39, 0.29) is 37.9 Å². The molecule has 4 N–H and O–H groups in total. The molecule has 57 heavy (non-hydrogen) atoms. The Labute approximate surface area is 346 Å². The zero-order valence-corrected chi connectivity index (χ0v) is 37.3. The number of carbonyl (C=O) groups excluding carboxylic acids is 2. The Morgan fingerprint density at radius 2 is 1.33 bits per heavy atom. The molecule has 0 saturated heterocycles. The molecule has 12 nitrogen and oxygen atoms in total. The first kappa shape index (κ1) is 53.4. The lowest BCUT2D eigenvalue weighted by molar-refractivity contribution is -0.870. The van der Waals surface area contributed by atoms with Crippen LogP contribution >= 0.6 is 7.82 Å². The van der Waals surface area contributed by atoms with Gasteiger partial charge in [0.15, 0.2) is 6.10 Å². The van der Waals surface area contributed by atoms with Crippen molar-refractivity contribution in [3.63, 3.8) is 0 Å².